The summed E-state index contributed by atoms with van der Waals surface area (Å²) in [5.74, 6) is 2.30. The Balaban J connectivity index is 1.79. The van der Waals surface area contributed by atoms with Crippen molar-refractivity contribution in [1.82, 2.24) is 4.57 Å². The van der Waals surface area contributed by atoms with Crippen LogP contribution in [0.25, 0.3) is 5.69 Å². The molecule has 0 spiro atoms. The predicted octanol–water partition coefficient (Wildman–Crippen LogP) is 5.54. The van der Waals surface area contributed by atoms with Gasteiger partial charge < -0.3 is 14.0 Å². The molecule has 0 bridgehead atoms. The number of rotatable bonds is 6. The van der Waals surface area contributed by atoms with E-state index in [1.54, 1.807) is 14.2 Å². The first kappa shape index (κ1) is 18.7. The van der Waals surface area contributed by atoms with Crippen LogP contribution in [0.15, 0.2) is 70.7 Å². The van der Waals surface area contributed by atoms with Crippen molar-refractivity contribution in [3.05, 3.63) is 72.1 Å². The maximum Gasteiger partial charge on any atom is 0.162 e. The van der Waals surface area contributed by atoms with Gasteiger partial charge in [0, 0.05) is 28.5 Å². The third-order valence-electron chi connectivity index (χ3n) is 5.01. The van der Waals surface area contributed by atoms with Crippen LogP contribution in [0.2, 0.25) is 0 Å². The van der Waals surface area contributed by atoms with Gasteiger partial charge >= 0.3 is 0 Å². The Morgan fingerprint density at radius 1 is 1.00 bits per heavy atom. The van der Waals surface area contributed by atoms with Gasteiger partial charge in [-0.05, 0) is 36.8 Å². The molecule has 0 amide bonds. The lowest BCUT2D eigenvalue weighted by Crippen LogP contribution is -2.09. The lowest BCUT2D eigenvalue weighted by molar-refractivity contribution is 0.354. The van der Waals surface area contributed by atoms with E-state index < -0.39 is 0 Å². The van der Waals surface area contributed by atoms with E-state index in [9.17, 15) is 0 Å². The van der Waals surface area contributed by atoms with Gasteiger partial charge in [-0.25, -0.2) is 0 Å². The zero-order chi connectivity index (χ0) is 19.5. The molecule has 2 heterocycles. The van der Waals surface area contributed by atoms with Crippen LogP contribution in [0.1, 0.15) is 30.6 Å². The van der Waals surface area contributed by atoms with Gasteiger partial charge in [-0.15, -0.1) is 11.8 Å². The Morgan fingerprint density at radius 3 is 2.46 bits per heavy atom. The number of aromatic nitrogens is 1. The van der Waals surface area contributed by atoms with Gasteiger partial charge in [0.05, 0.1) is 37.4 Å². The van der Waals surface area contributed by atoms with E-state index in [4.69, 9.17) is 14.5 Å². The number of hydrogen-bond acceptors (Lipinski definition) is 4. The molecule has 1 aliphatic rings. The molecule has 0 saturated heterocycles. The Bertz CT molecular complexity index is 995. The van der Waals surface area contributed by atoms with Crippen LogP contribution in [0, 0.1) is 0 Å². The standard InChI is InChI=1S/C23H24N2O2S/c1-4-18-17-13-22(26-2)23(27-3)14-21(17)25-12-8-11-20(25)19(24-18)15-28-16-9-6-5-7-10-16/h5-14,18H,4,15H2,1-3H3/t18-/m0/s1. The van der Waals surface area contributed by atoms with Crippen molar-refractivity contribution in [3.8, 4) is 17.2 Å². The zero-order valence-electron chi connectivity index (χ0n) is 16.4. The number of hydrogen-bond donors (Lipinski definition) is 0. The van der Waals surface area contributed by atoms with E-state index in [2.05, 4.69) is 66.2 Å². The third kappa shape index (κ3) is 3.42. The molecular formula is C23H24N2O2S. The van der Waals surface area contributed by atoms with Gasteiger partial charge in [0.25, 0.3) is 0 Å². The van der Waals surface area contributed by atoms with Crippen molar-refractivity contribution in [2.75, 3.05) is 20.0 Å². The molecule has 0 saturated carbocycles. The van der Waals surface area contributed by atoms with E-state index in [0.29, 0.717) is 0 Å². The molecule has 28 heavy (non-hydrogen) atoms. The van der Waals surface area contributed by atoms with E-state index in [0.717, 1.165) is 46.3 Å². The largest absolute Gasteiger partial charge is 0.493 e. The molecule has 4 rings (SSSR count). The van der Waals surface area contributed by atoms with Gasteiger partial charge in [-0.1, -0.05) is 25.1 Å². The summed E-state index contributed by atoms with van der Waals surface area (Å²) in [6.45, 7) is 2.18. The fraction of sp³-hybridized carbons (Fsp3) is 0.261. The fourth-order valence-corrected chi connectivity index (χ4v) is 4.48. The van der Waals surface area contributed by atoms with E-state index in [1.165, 1.54) is 4.90 Å². The summed E-state index contributed by atoms with van der Waals surface area (Å²) in [6.07, 6.45) is 3.02. The van der Waals surface area contributed by atoms with Crippen molar-refractivity contribution in [2.45, 2.75) is 24.3 Å². The second-order valence-electron chi connectivity index (χ2n) is 6.63. The van der Waals surface area contributed by atoms with Crippen LogP contribution in [-0.4, -0.2) is 30.3 Å². The maximum atomic E-state index is 5.56. The molecule has 0 radical (unpaired) electrons. The minimum Gasteiger partial charge on any atom is -0.493 e. The van der Waals surface area contributed by atoms with Crippen molar-refractivity contribution in [2.24, 2.45) is 4.99 Å². The first-order valence-electron chi connectivity index (χ1n) is 9.43. The molecule has 5 heteroatoms. The van der Waals surface area contributed by atoms with Crippen molar-refractivity contribution in [1.29, 1.82) is 0 Å². The highest BCUT2D eigenvalue weighted by Gasteiger charge is 2.25. The number of ether oxygens (including phenoxy) is 2. The van der Waals surface area contributed by atoms with Crippen LogP contribution in [0.3, 0.4) is 0 Å². The highest BCUT2D eigenvalue weighted by molar-refractivity contribution is 8.00. The summed E-state index contributed by atoms with van der Waals surface area (Å²) in [4.78, 5) is 6.42. The van der Waals surface area contributed by atoms with E-state index >= 15 is 0 Å². The van der Waals surface area contributed by atoms with Crippen LogP contribution >= 0.6 is 11.8 Å². The van der Waals surface area contributed by atoms with Crippen LogP contribution in [0.4, 0.5) is 0 Å². The highest BCUT2D eigenvalue weighted by atomic mass is 32.2. The molecule has 1 atom stereocenters. The molecule has 0 N–H and O–H groups in total. The molecule has 0 fully saturated rings. The molecule has 2 aromatic carbocycles. The van der Waals surface area contributed by atoms with Crippen molar-refractivity contribution < 1.29 is 9.47 Å². The van der Waals surface area contributed by atoms with Gasteiger partial charge in [0.15, 0.2) is 11.5 Å². The normalized spacial score (nSPS) is 15.2. The molecule has 144 valence electrons. The van der Waals surface area contributed by atoms with Gasteiger partial charge in [0.2, 0.25) is 0 Å². The Morgan fingerprint density at radius 2 is 1.75 bits per heavy atom. The summed E-state index contributed by atoms with van der Waals surface area (Å²) >= 11 is 1.82. The molecule has 4 nitrogen and oxygen atoms in total. The first-order valence-corrected chi connectivity index (χ1v) is 10.4. The SMILES string of the molecule is CC[C@@H]1N=C(CSc2ccccc2)c2cccn2-c2cc(OC)c(OC)cc21. The minimum absolute atomic E-state index is 0.0843. The molecule has 3 aromatic rings. The van der Waals surface area contributed by atoms with Gasteiger partial charge in [0.1, 0.15) is 0 Å². The zero-order valence-corrected chi connectivity index (χ0v) is 17.2. The fourth-order valence-electron chi connectivity index (χ4n) is 3.60. The number of aliphatic imine (C=N–C) groups is 1. The Kier molecular flexibility index (Phi) is 5.44. The number of methoxy groups -OCH3 is 2. The lowest BCUT2D eigenvalue weighted by Gasteiger charge is -2.18. The first-order chi connectivity index (χ1) is 13.7. The van der Waals surface area contributed by atoms with E-state index in [-0.39, 0.29) is 6.04 Å². The minimum atomic E-state index is 0.0843. The number of fused-ring (bicyclic) bond motifs is 3. The third-order valence-corrected chi connectivity index (χ3v) is 6.04. The molecular weight excluding hydrogens is 368 g/mol. The quantitative estimate of drug-likeness (QED) is 0.517. The van der Waals surface area contributed by atoms with Crippen LogP contribution in [-0.2, 0) is 0 Å². The predicted molar refractivity (Wildman–Crippen MR) is 116 cm³/mol. The number of thioether (sulfide) groups is 1. The van der Waals surface area contributed by atoms with Gasteiger partial charge in [-0.2, -0.15) is 0 Å². The summed E-state index contributed by atoms with van der Waals surface area (Å²) in [5, 5.41) is 0. The maximum absolute atomic E-state index is 5.56. The second kappa shape index (κ2) is 8.15. The lowest BCUT2D eigenvalue weighted by atomic mass is 10.0. The van der Waals surface area contributed by atoms with Gasteiger partial charge in [-0.3, -0.25) is 4.99 Å². The summed E-state index contributed by atoms with van der Waals surface area (Å²) in [7, 11) is 3.35. The molecule has 0 unspecified atom stereocenters. The second-order valence-corrected chi connectivity index (χ2v) is 7.68. The topological polar surface area (TPSA) is 35.8 Å². The number of benzene rings is 2. The van der Waals surface area contributed by atoms with Crippen LogP contribution < -0.4 is 9.47 Å². The molecule has 1 aliphatic heterocycles. The monoisotopic (exact) mass is 392 g/mol. The highest BCUT2D eigenvalue weighted by Crippen LogP contribution is 2.40. The summed E-state index contributed by atoms with van der Waals surface area (Å²) in [5.41, 5.74) is 4.51. The Hall–Kier alpha value is -2.66. The number of nitrogens with zero attached hydrogens (tertiary/aromatic N) is 2. The van der Waals surface area contributed by atoms with Crippen molar-refractivity contribution >= 4 is 17.5 Å². The smallest absolute Gasteiger partial charge is 0.162 e. The van der Waals surface area contributed by atoms with Crippen LogP contribution in [0.5, 0.6) is 11.5 Å². The summed E-state index contributed by atoms with van der Waals surface area (Å²) < 4.78 is 13.3. The average molecular weight is 393 g/mol. The molecule has 0 aliphatic carbocycles. The summed E-state index contributed by atoms with van der Waals surface area (Å²) in [6, 6.07) is 18.9. The average Bonchev–Trinajstić information content (AvgIpc) is 3.19. The van der Waals surface area contributed by atoms with Crippen molar-refractivity contribution in [3.63, 3.8) is 0 Å². The molecule has 1 aromatic heterocycles. The Labute approximate surface area is 170 Å². The van der Waals surface area contributed by atoms with E-state index in [1.807, 2.05) is 17.8 Å².